The highest BCUT2D eigenvalue weighted by Crippen LogP contribution is 2.23. The molecule has 1 aliphatic heterocycles. The molecule has 3 rings (SSSR count). The van der Waals surface area contributed by atoms with E-state index in [0.717, 1.165) is 6.07 Å². The second kappa shape index (κ2) is 9.41. The summed E-state index contributed by atoms with van der Waals surface area (Å²) in [7, 11) is 1.49. The van der Waals surface area contributed by atoms with Gasteiger partial charge in [0.25, 0.3) is 0 Å². The van der Waals surface area contributed by atoms with Crippen LogP contribution in [0.4, 0.5) is 13.2 Å². The summed E-state index contributed by atoms with van der Waals surface area (Å²) in [6.07, 6.45) is 0.528. The van der Waals surface area contributed by atoms with Gasteiger partial charge in [0.15, 0.2) is 11.6 Å². The van der Waals surface area contributed by atoms with Gasteiger partial charge in [-0.3, -0.25) is 9.80 Å². The van der Waals surface area contributed by atoms with Crippen LogP contribution in [0.2, 0.25) is 0 Å². The first-order valence-corrected chi connectivity index (χ1v) is 9.34. The molecule has 4 nitrogen and oxygen atoms in total. The molecule has 0 unspecified atom stereocenters. The Balaban J connectivity index is 1.68. The van der Waals surface area contributed by atoms with Crippen molar-refractivity contribution in [3.63, 3.8) is 0 Å². The van der Waals surface area contributed by atoms with E-state index in [1.807, 2.05) is 4.90 Å². The Morgan fingerprint density at radius 1 is 1.04 bits per heavy atom. The number of ether oxygens (including phenoxy) is 1. The lowest BCUT2D eigenvalue weighted by Gasteiger charge is -2.41. The van der Waals surface area contributed by atoms with E-state index >= 15 is 0 Å². The predicted octanol–water partition coefficient (Wildman–Crippen LogP) is 3.18. The molecule has 1 saturated heterocycles. The average Bonchev–Trinajstić information content (AvgIpc) is 2.69. The van der Waals surface area contributed by atoms with E-state index in [1.165, 1.54) is 19.2 Å². The fraction of sp³-hybridized carbons (Fsp3) is 0.429. The number of rotatable bonds is 7. The standard InChI is InChI=1S/C21H25F3N2O2/c1-28-18-6-5-15(20(23)11-18)13-26-9-8-25(14-17(26)7-10-27)12-16-3-2-4-19(22)21(16)24/h2-6,11,17,27H,7-10,12-14H2,1H3/t17-/m0/s1. The molecule has 1 atom stereocenters. The number of hydrogen-bond donors (Lipinski definition) is 1. The number of methoxy groups -OCH3 is 1. The molecule has 1 fully saturated rings. The predicted molar refractivity (Wildman–Crippen MR) is 100 cm³/mol. The lowest BCUT2D eigenvalue weighted by Crippen LogP contribution is -2.52. The lowest BCUT2D eigenvalue weighted by molar-refractivity contribution is 0.0487. The zero-order valence-corrected chi connectivity index (χ0v) is 15.9. The fourth-order valence-electron chi connectivity index (χ4n) is 3.65. The largest absolute Gasteiger partial charge is 0.497 e. The Morgan fingerprint density at radius 3 is 2.57 bits per heavy atom. The van der Waals surface area contributed by atoms with E-state index in [4.69, 9.17) is 4.74 Å². The smallest absolute Gasteiger partial charge is 0.163 e. The van der Waals surface area contributed by atoms with Crippen molar-refractivity contribution < 1.29 is 23.0 Å². The first-order valence-electron chi connectivity index (χ1n) is 9.34. The Morgan fingerprint density at radius 2 is 1.86 bits per heavy atom. The summed E-state index contributed by atoms with van der Waals surface area (Å²) in [5.41, 5.74) is 0.880. The maximum atomic E-state index is 14.3. The Labute approximate surface area is 163 Å². The molecule has 28 heavy (non-hydrogen) atoms. The van der Waals surface area contributed by atoms with E-state index < -0.39 is 11.6 Å². The third-order valence-corrected chi connectivity index (χ3v) is 5.21. The van der Waals surface area contributed by atoms with Crippen molar-refractivity contribution in [1.29, 1.82) is 0 Å². The highest BCUT2D eigenvalue weighted by Gasteiger charge is 2.28. The third kappa shape index (κ3) is 4.84. The zero-order chi connectivity index (χ0) is 20.1. The second-order valence-corrected chi connectivity index (χ2v) is 7.04. The summed E-state index contributed by atoms with van der Waals surface area (Å²) in [4.78, 5) is 4.17. The molecule has 0 saturated carbocycles. The Bertz CT molecular complexity index is 803. The summed E-state index contributed by atoms with van der Waals surface area (Å²) in [6.45, 7) is 2.62. The maximum absolute atomic E-state index is 14.3. The number of nitrogens with zero attached hydrogens (tertiary/aromatic N) is 2. The van der Waals surface area contributed by atoms with Gasteiger partial charge in [0.05, 0.1) is 7.11 Å². The molecule has 0 aliphatic carbocycles. The summed E-state index contributed by atoms with van der Waals surface area (Å²) in [5.74, 6) is -1.52. The monoisotopic (exact) mass is 394 g/mol. The van der Waals surface area contributed by atoms with Crippen LogP contribution in [0.15, 0.2) is 36.4 Å². The minimum atomic E-state index is -0.849. The molecule has 1 N–H and O–H groups in total. The Kier molecular flexibility index (Phi) is 6.93. The molecule has 1 heterocycles. The molecular formula is C21H25F3N2O2. The zero-order valence-electron chi connectivity index (χ0n) is 15.9. The van der Waals surface area contributed by atoms with E-state index in [9.17, 15) is 18.3 Å². The molecule has 0 radical (unpaired) electrons. The number of hydrogen-bond acceptors (Lipinski definition) is 4. The normalized spacial score (nSPS) is 18.4. The van der Waals surface area contributed by atoms with Crippen molar-refractivity contribution >= 4 is 0 Å². The molecule has 0 aromatic heterocycles. The van der Waals surface area contributed by atoms with Crippen LogP contribution in [0.3, 0.4) is 0 Å². The van der Waals surface area contributed by atoms with E-state index in [0.29, 0.717) is 56.0 Å². The van der Waals surface area contributed by atoms with Crippen LogP contribution >= 0.6 is 0 Å². The molecule has 2 aromatic carbocycles. The third-order valence-electron chi connectivity index (χ3n) is 5.21. The summed E-state index contributed by atoms with van der Waals surface area (Å²) >= 11 is 0. The lowest BCUT2D eigenvalue weighted by atomic mass is 10.1. The molecule has 152 valence electrons. The summed E-state index contributed by atoms with van der Waals surface area (Å²) in [6, 6.07) is 8.98. The number of halogens is 3. The Hall–Kier alpha value is -2.09. The fourth-order valence-corrected chi connectivity index (χ4v) is 3.65. The van der Waals surface area contributed by atoms with Gasteiger partial charge < -0.3 is 9.84 Å². The molecular weight excluding hydrogens is 369 g/mol. The molecule has 2 aromatic rings. The maximum Gasteiger partial charge on any atom is 0.163 e. The molecule has 7 heteroatoms. The van der Waals surface area contributed by atoms with Crippen molar-refractivity contribution in [3.8, 4) is 5.75 Å². The molecule has 0 amide bonds. The van der Waals surface area contributed by atoms with Gasteiger partial charge in [-0.2, -0.15) is 0 Å². The quantitative estimate of drug-likeness (QED) is 0.783. The molecule has 0 spiro atoms. The number of piperazine rings is 1. The van der Waals surface area contributed by atoms with Gasteiger partial charge in [0.2, 0.25) is 0 Å². The van der Waals surface area contributed by atoms with Crippen LogP contribution < -0.4 is 4.74 Å². The van der Waals surface area contributed by atoms with E-state index in [-0.39, 0.29) is 18.5 Å². The van der Waals surface area contributed by atoms with Crippen LogP contribution in [0, 0.1) is 17.5 Å². The highest BCUT2D eigenvalue weighted by atomic mass is 19.2. The van der Waals surface area contributed by atoms with Crippen LogP contribution in [-0.4, -0.2) is 54.3 Å². The molecule has 1 aliphatic rings. The van der Waals surface area contributed by atoms with Crippen molar-refractivity contribution in [1.82, 2.24) is 9.80 Å². The van der Waals surface area contributed by atoms with Gasteiger partial charge >= 0.3 is 0 Å². The van der Waals surface area contributed by atoms with Crippen LogP contribution in [0.5, 0.6) is 5.75 Å². The number of benzene rings is 2. The van der Waals surface area contributed by atoms with Crippen molar-refractivity contribution in [3.05, 3.63) is 65.0 Å². The van der Waals surface area contributed by atoms with Gasteiger partial charge in [0.1, 0.15) is 11.6 Å². The van der Waals surface area contributed by atoms with Crippen molar-refractivity contribution in [2.24, 2.45) is 0 Å². The minimum absolute atomic E-state index is 0.00290. The summed E-state index contributed by atoms with van der Waals surface area (Å²) < 4.78 is 46.8. The van der Waals surface area contributed by atoms with Crippen LogP contribution in [-0.2, 0) is 13.1 Å². The van der Waals surface area contributed by atoms with Gasteiger partial charge in [-0.05, 0) is 18.6 Å². The highest BCUT2D eigenvalue weighted by molar-refractivity contribution is 5.29. The SMILES string of the molecule is COc1ccc(CN2CCN(Cc3cccc(F)c3F)C[C@@H]2CCO)c(F)c1. The van der Waals surface area contributed by atoms with Crippen LogP contribution in [0.1, 0.15) is 17.5 Å². The van der Waals surface area contributed by atoms with Crippen molar-refractivity contribution in [2.45, 2.75) is 25.6 Å². The van der Waals surface area contributed by atoms with Gasteiger partial charge in [-0.25, -0.2) is 13.2 Å². The molecule has 0 bridgehead atoms. The topological polar surface area (TPSA) is 35.9 Å². The van der Waals surface area contributed by atoms with Gasteiger partial charge in [0, 0.05) is 62.6 Å². The summed E-state index contributed by atoms with van der Waals surface area (Å²) in [5, 5.41) is 9.44. The number of aliphatic hydroxyl groups is 1. The first-order chi connectivity index (χ1) is 13.5. The van der Waals surface area contributed by atoms with Gasteiger partial charge in [-0.15, -0.1) is 0 Å². The van der Waals surface area contributed by atoms with Gasteiger partial charge in [-0.1, -0.05) is 18.2 Å². The first kappa shape index (κ1) is 20.6. The number of aliphatic hydroxyl groups excluding tert-OH is 1. The van der Waals surface area contributed by atoms with E-state index in [2.05, 4.69) is 4.90 Å². The average molecular weight is 394 g/mol. The van der Waals surface area contributed by atoms with E-state index in [1.54, 1.807) is 18.2 Å². The van der Waals surface area contributed by atoms with Crippen molar-refractivity contribution in [2.75, 3.05) is 33.4 Å². The van der Waals surface area contributed by atoms with Crippen LogP contribution in [0.25, 0.3) is 0 Å². The minimum Gasteiger partial charge on any atom is -0.497 e. The second-order valence-electron chi connectivity index (χ2n) is 7.04.